The molecule has 2 aromatic carbocycles. The molecule has 0 saturated carbocycles. The van der Waals surface area contributed by atoms with Crippen LogP contribution in [0, 0.1) is 6.92 Å². The van der Waals surface area contributed by atoms with Gasteiger partial charge in [0, 0.05) is 11.6 Å². The number of fused-ring (bicyclic) bond motifs is 1. The normalized spacial score (nSPS) is 13.3. The Kier molecular flexibility index (Phi) is 4.02. The Hall–Kier alpha value is -2.82. The van der Waals surface area contributed by atoms with Gasteiger partial charge in [-0.2, -0.15) is 0 Å². The molecule has 0 aromatic heterocycles. The van der Waals surface area contributed by atoms with Crippen molar-refractivity contribution in [3.8, 4) is 5.75 Å². The summed E-state index contributed by atoms with van der Waals surface area (Å²) in [7, 11) is 1.59. The van der Waals surface area contributed by atoms with E-state index in [4.69, 9.17) is 4.74 Å². The van der Waals surface area contributed by atoms with Crippen molar-refractivity contribution in [2.24, 2.45) is 0 Å². The van der Waals surface area contributed by atoms with Crippen LogP contribution in [0.5, 0.6) is 5.75 Å². The van der Waals surface area contributed by atoms with Crippen LogP contribution in [0.3, 0.4) is 0 Å². The molecule has 0 unspecified atom stereocenters. The lowest BCUT2D eigenvalue weighted by molar-refractivity contribution is -0.117. The second-order valence-electron chi connectivity index (χ2n) is 5.51. The molecule has 5 nitrogen and oxygen atoms in total. The van der Waals surface area contributed by atoms with E-state index in [1.165, 1.54) is 4.90 Å². The number of amides is 1. The second kappa shape index (κ2) is 6.12. The first-order chi connectivity index (χ1) is 11.1. The van der Waals surface area contributed by atoms with E-state index < -0.39 is 0 Å². The molecule has 1 amide bonds. The van der Waals surface area contributed by atoms with Gasteiger partial charge in [-0.3, -0.25) is 9.59 Å². The van der Waals surface area contributed by atoms with Crippen LogP contribution in [0.25, 0.3) is 0 Å². The van der Waals surface area contributed by atoms with E-state index in [-0.39, 0.29) is 24.8 Å². The summed E-state index contributed by atoms with van der Waals surface area (Å²) in [5, 5.41) is 3.06. The maximum Gasteiger partial charge on any atom is 0.246 e. The van der Waals surface area contributed by atoms with Gasteiger partial charge in [0.05, 0.1) is 31.6 Å². The minimum Gasteiger partial charge on any atom is -0.497 e. The number of nitrogens with one attached hydrogen (secondary N) is 1. The highest BCUT2D eigenvalue weighted by Crippen LogP contribution is 2.33. The van der Waals surface area contributed by atoms with Gasteiger partial charge in [0.25, 0.3) is 0 Å². The predicted molar refractivity (Wildman–Crippen MR) is 89.3 cm³/mol. The average Bonchev–Trinajstić information content (AvgIpc) is 2.57. The molecule has 0 saturated heterocycles. The lowest BCUT2D eigenvalue weighted by Crippen LogP contribution is -2.42. The maximum atomic E-state index is 12.5. The number of ketones is 1. The number of hydrogen-bond acceptors (Lipinski definition) is 4. The average molecular weight is 310 g/mol. The maximum absolute atomic E-state index is 12.5. The van der Waals surface area contributed by atoms with Crippen molar-refractivity contribution in [3.63, 3.8) is 0 Å². The summed E-state index contributed by atoms with van der Waals surface area (Å²) in [6.45, 7) is 2.17. The summed E-state index contributed by atoms with van der Waals surface area (Å²) in [5.41, 5.74) is 3.19. The van der Waals surface area contributed by atoms with Crippen LogP contribution in [0.15, 0.2) is 42.5 Å². The number of Topliss-reactive ketones (excluding diaryl/α,β-unsaturated/α-hetero) is 1. The molecule has 0 spiro atoms. The van der Waals surface area contributed by atoms with Crippen molar-refractivity contribution in [2.45, 2.75) is 6.92 Å². The monoisotopic (exact) mass is 310 g/mol. The van der Waals surface area contributed by atoms with E-state index in [9.17, 15) is 9.59 Å². The van der Waals surface area contributed by atoms with E-state index in [1.807, 2.05) is 25.1 Å². The lowest BCUT2D eigenvalue weighted by atomic mass is 10.1. The summed E-state index contributed by atoms with van der Waals surface area (Å²) in [4.78, 5) is 26.2. The Morgan fingerprint density at radius 3 is 2.65 bits per heavy atom. The van der Waals surface area contributed by atoms with Gasteiger partial charge in [-0.15, -0.1) is 0 Å². The lowest BCUT2D eigenvalue weighted by Gasteiger charge is -2.30. The zero-order valence-electron chi connectivity index (χ0n) is 13.1. The zero-order chi connectivity index (χ0) is 16.4. The number of ether oxygens (including phenoxy) is 1. The SMILES string of the molecule is COc1ccc2c(c1)NCC(=O)N2CC(=O)c1ccc(C)cc1. The Labute approximate surface area is 134 Å². The fraction of sp³-hybridized carbons (Fsp3) is 0.222. The summed E-state index contributed by atoms with van der Waals surface area (Å²) in [6, 6.07) is 12.8. The largest absolute Gasteiger partial charge is 0.497 e. The highest BCUT2D eigenvalue weighted by Gasteiger charge is 2.26. The van der Waals surface area contributed by atoms with Crippen molar-refractivity contribution in [1.29, 1.82) is 0 Å². The summed E-state index contributed by atoms with van der Waals surface area (Å²) < 4.78 is 5.19. The van der Waals surface area contributed by atoms with Crippen molar-refractivity contribution in [2.75, 3.05) is 30.4 Å². The molecule has 1 aliphatic rings. The van der Waals surface area contributed by atoms with Crippen LogP contribution in [-0.2, 0) is 4.79 Å². The van der Waals surface area contributed by atoms with Crippen LogP contribution >= 0.6 is 0 Å². The number of carbonyl (C=O) groups excluding carboxylic acids is 2. The third kappa shape index (κ3) is 3.04. The standard InChI is InChI=1S/C18H18N2O3/c1-12-3-5-13(6-4-12)17(21)11-20-16-8-7-14(23-2)9-15(16)19-10-18(20)22/h3-9,19H,10-11H2,1-2H3. The van der Waals surface area contributed by atoms with Gasteiger partial charge in [0.2, 0.25) is 5.91 Å². The number of carbonyl (C=O) groups is 2. The molecule has 1 aliphatic heterocycles. The summed E-state index contributed by atoms with van der Waals surface area (Å²) >= 11 is 0. The minimum absolute atomic E-state index is 0.0307. The van der Waals surface area contributed by atoms with Crippen LogP contribution in [0.2, 0.25) is 0 Å². The molecule has 118 valence electrons. The zero-order valence-corrected chi connectivity index (χ0v) is 13.1. The fourth-order valence-corrected chi connectivity index (χ4v) is 2.57. The topological polar surface area (TPSA) is 58.6 Å². The number of benzene rings is 2. The molecule has 5 heteroatoms. The van der Waals surface area contributed by atoms with Crippen LogP contribution in [-0.4, -0.2) is 31.9 Å². The Balaban J connectivity index is 1.86. The first-order valence-electron chi connectivity index (χ1n) is 7.40. The third-order valence-electron chi connectivity index (χ3n) is 3.90. The highest BCUT2D eigenvalue weighted by atomic mass is 16.5. The molecule has 1 heterocycles. The van der Waals surface area contributed by atoms with E-state index >= 15 is 0 Å². The molecule has 2 aromatic rings. The molecule has 1 N–H and O–H groups in total. The quantitative estimate of drug-likeness (QED) is 0.882. The molecule has 0 atom stereocenters. The highest BCUT2D eigenvalue weighted by molar-refractivity contribution is 6.09. The van der Waals surface area contributed by atoms with E-state index in [2.05, 4.69) is 5.32 Å². The smallest absolute Gasteiger partial charge is 0.246 e. The molecule has 0 bridgehead atoms. The Bertz CT molecular complexity index is 753. The number of aryl methyl sites for hydroxylation is 1. The molecule has 0 fully saturated rings. The Morgan fingerprint density at radius 1 is 1.22 bits per heavy atom. The van der Waals surface area contributed by atoms with E-state index in [0.29, 0.717) is 17.0 Å². The van der Waals surface area contributed by atoms with Gasteiger partial charge >= 0.3 is 0 Å². The van der Waals surface area contributed by atoms with Gasteiger partial charge in [0.1, 0.15) is 5.75 Å². The molecule has 0 aliphatic carbocycles. The van der Waals surface area contributed by atoms with Gasteiger partial charge in [-0.1, -0.05) is 29.8 Å². The summed E-state index contributed by atoms with van der Waals surface area (Å²) in [5.74, 6) is 0.501. The van der Waals surface area contributed by atoms with E-state index in [1.54, 1.807) is 31.4 Å². The molecule has 0 radical (unpaired) electrons. The number of rotatable bonds is 4. The van der Waals surface area contributed by atoms with Gasteiger partial charge in [0.15, 0.2) is 5.78 Å². The first kappa shape index (κ1) is 15.1. The van der Waals surface area contributed by atoms with Crippen molar-refractivity contribution >= 4 is 23.1 Å². The first-order valence-corrected chi connectivity index (χ1v) is 7.40. The summed E-state index contributed by atoms with van der Waals surface area (Å²) in [6.07, 6.45) is 0. The number of methoxy groups -OCH3 is 1. The molecule has 23 heavy (non-hydrogen) atoms. The number of anilines is 2. The van der Waals surface area contributed by atoms with Gasteiger partial charge < -0.3 is 15.0 Å². The van der Waals surface area contributed by atoms with Crippen molar-refractivity contribution in [3.05, 3.63) is 53.6 Å². The van der Waals surface area contributed by atoms with Crippen molar-refractivity contribution in [1.82, 2.24) is 0 Å². The predicted octanol–water partition coefficient (Wildman–Crippen LogP) is 2.65. The second-order valence-corrected chi connectivity index (χ2v) is 5.51. The van der Waals surface area contributed by atoms with Crippen LogP contribution in [0.1, 0.15) is 15.9 Å². The van der Waals surface area contributed by atoms with Crippen molar-refractivity contribution < 1.29 is 14.3 Å². The fourth-order valence-electron chi connectivity index (χ4n) is 2.57. The molecule has 3 rings (SSSR count). The van der Waals surface area contributed by atoms with Gasteiger partial charge in [-0.05, 0) is 19.1 Å². The van der Waals surface area contributed by atoms with Crippen LogP contribution < -0.4 is 15.0 Å². The van der Waals surface area contributed by atoms with E-state index in [0.717, 1.165) is 11.3 Å². The molecular formula is C18H18N2O3. The minimum atomic E-state index is -0.122. The number of hydrogen-bond donors (Lipinski definition) is 1. The van der Waals surface area contributed by atoms with Gasteiger partial charge in [-0.25, -0.2) is 0 Å². The van der Waals surface area contributed by atoms with Crippen LogP contribution in [0.4, 0.5) is 11.4 Å². The Morgan fingerprint density at radius 2 is 1.96 bits per heavy atom. The third-order valence-corrected chi connectivity index (χ3v) is 3.90. The number of nitrogens with zero attached hydrogens (tertiary/aromatic N) is 1. The molecular weight excluding hydrogens is 292 g/mol.